The third-order valence-corrected chi connectivity index (χ3v) is 2.78. The Morgan fingerprint density at radius 3 is 2.71 bits per heavy atom. The van der Waals surface area contributed by atoms with E-state index in [1.54, 1.807) is 24.3 Å². The van der Waals surface area contributed by atoms with Crippen LogP contribution in [0.2, 0.25) is 0 Å². The summed E-state index contributed by atoms with van der Waals surface area (Å²) in [5, 5.41) is 13.4. The molecule has 21 heavy (non-hydrogen) atoms. The Labute approximate surface area is 120 Å². The number of nitrogens with two attached hydrogens (primary N) is 1. The standard InChI is InChI=1S/C15H11N3O3/c1-2-10-4-3-5-12(8-10)17-15(19)11-6-7-13(16)14(9-11)18(20)21/h1,3-9H,16H2,(H,17,19). The molecule has 6 nitrogen and oxygen atoms in total. The van der Waals surface area contributed by atoms with Crippen LogP contribution in [0.5, 0.6) is 0 Å². The molecule has 0 unspecified atom stereocenters. The van der Waals surface area contributed by atoms with Gasteiger partial charge in [0, 0.05) is 22.9 Å². The molecule has 0 heterocycles. The number of amides is 1. The molecule has 0 aliphatic carbocycles. The molecule has 3 N–H and O–H groups in total. The van der Waals surface area contributed by atoms with Crippen molar-refractivity contribution in [1.82, 2.24) is 0 Å². The molecule has 2 rings (SSSR count). The lowest BCUT2D eigenvalue weighted by Crippen LogP contribution is -2.12. The average Bonchev–Trinajstić information content (AvgIpc) is 2.47. The van der Waals surface area contributed by atoms with Crippen LogP contribution in [0.1, 0.15) is 15.9 Å². The van der Waals surface area contributed by atoms with Crippen LogP contribution in [0, 0.1) is 22.5 Å². The zero-order chi connectivity index (χ0) is 15.4. The maximum atomic E-state index is 12.1. The lowest BCUT2D eigenvalue weighted by molar-refractivity contribution is -0.383. The summed E-state index contributed by atoms with van der Waals surface area (Å²) in [4.78, 5) is 22.2. The molecule has 2 aromatic rings. The van der Waals surface area contributed by atoms with E-state index in [1.807, 2.05) is 0 Å². The first-order valence-corrected chi connectivity index (χ1v) is 5.93. The summed E-state index contributed by atoms with van der Waals surface area (Å²) in [5.74, 6) is 1.98. The molecule has 104 valence electrons. The fourth-order valence-corrected chi connectivity index (χ4v) is 1.73. The number of benzene rings is 2. The van der Waals surface area contributed by atoms with E-state index in [4.69, 9.17) is 12.2 Å². The Hall–Kier alpha value is -3.33. The van der Waals surface area contributed by atoms with Crippen LogP contribution in [-0.2, 0) is 0 Å². The van der Waals surface area contributed by atoms with E-state index in [0.717, 1.165) is 6.07 Å². The van der Waals surface area contributed by atoms with Crippen LogP contribution in [0.25, 0.3) is 0 Å². The number of nitro groups is 1. The Morgan fingerprint density at radius 2 is 2.05 bits per heavy atom. The largest absolute Gasteiger partial charge is 0.393 e. The summed E-state index contributed by atoms with van der Waals surface area (Å²) in [6.07, 6.45) is 5.28. The van der Waals surface area contributed by atoms with Gasteiger partial charge in [0.25, 0.3) is 11.6 Å². The van der Waals surface area contributed by atoms with Crippen LogP contribution in [-0.4, -0.2) is 10.8 Å². The van der Waals surface area contributed by atoms with E-state index < -0.39 is 10.8 Å². The topological polar surface area (TPSA) is 98.3 Å². The first-order valence-electron chi connectivity index (χ1n) is 5.93. The van der Waals surface area contributed by atoms with Gasteiger partial charge in [-0.1, -0.05) is 12.0 Å². The molecule has 0 aliphatic rings. The van der Waals surface area contributed by atoms with E-state index in [9.17, 15) is 14.9 Å². The number of nitrogens with one attached hydrogen (secondary N) is 1. The first kappa shape index (κ1) is 14.1. The zero-order valence-electron chi connectivity index (χ0n) is 10.9. The molecule has 0 spiro atoms. The number of rotatable bonds is 3. The van der Waals surface area contributed by atoms with Gasteiger partial charge in [-0.15, -0.1) is 6.42 Å². The van der Waals surface area contributed by atoms with Gasteiger partial charge in [0.1, 0.15) is 5.69 Å². The minimum absolute atomic E-state index is 0.00544. The molecule has 0 saturated carbocycles. The van der Waals surface area contributed by atoms with E-state index in [-0.39, 0.29) is 16.9 Å². The number of terminal acetylenes is 1. The van der Waals surface area contributed by atoms with E-state index in [1.165, 1.54) is 12.1 Å². The molecule has 0 saturated heterocycles. The van der Waals surface area contributed by atoms with Crippen molar-refractivity contribution in [3.63, 3.8) is 0 Å². The number of anilines is 2. The van der Waals surface area contributed by atoms with Crippen molar-refractivity contribution in [3.05, 3.63) is 63.7 Å². The highest BCUT2D eigenvalue weighted by Crippen LogP contribution is 2.23. The molecule has 6 heteroatoms. The number of hydrogen-bond donors (Lipinski definition) is 2. The molecule has 0 fully saturated rings. The van der Waals surface area contributed by atoms with Gasteiger partial charge in [0.2, 0.25) is 0 Å². The lowest BCUT2D eigenvalue weighted by Gasteiger charge is -2.06. The SMILES string of the molecule is C#Cc1cccc(NC(=O)c2ccc(N)c([N+](=O)[O-])c2)c1. The van der Waals surface area contributed by atoms with Crippen molar-refractivity contribution in [3.8, 4) is 12.3 Å². The van der Waals surface area contributed by atoms with Crippen molar-refractivity contribution in [2.24, 2.45) is 0 Å². The predicted molar refractivity (Wildman–Crippen MR) is 79.8 cm³/mol. The lowest BCUT2D eigenvalue weighted by atomic mass is 10.1. The summed E-state index contributed by atoms with van der Waals surface area (Å²) < 4.78 is 0. The number of carbonyl (C=O) groups is 1. The average molecular weight is 281 g/mol. The number of carbonyl (C=O) groups excluding carboxylic acids is 1. The normalized spacial score (nSPS) is 9.67. The summed E-state index contributed by atoms with van der Waals surface area (Å²) in [5.41, 5.74) is 6.46. The maximum absolute atomic E-state index is 12.1. The Morgan fingerprint density at radius 1 is 1.29 bits per heavy atom. The molecule has 0 bridgehead atoms. The molecule has 1 amide bonds. The van der Waals surface area contributed by atoms with Crippen LogP contribution in [0.4, 0.5) is 17.1 Å². The van der Waals surface area contributed by atoms with Gasteiger partial charge in [0.05, 0.1) is 4.92 Å². The maximum Gasteiger partial charge on any atom is 0.292 e. The van der Waals surface area contributed by atoms with Crippen molar-refractivity contribution in [2.75, 3.05) is 11.1 Å². The highest BCUT2D eigenvalue weighted by Gasteiger charge is 2.15. The van der Waals surface area contributed by atoms with Crippen LogP contribution in [0.3, 0.4) is 0 Å². The summed E-state index contributed by atoms with van der Waals surface area (Å²) >= 11 is 0. The Bertz CT molecular complexity index is 763. The molecule has 0 atom stereocenters. The molecule has 2 aromatic carbocycles. The molecular weight excluding hydrogens is 270 g/mol. The molecule has 0 radical (unpaired) electrons. The third kappa shape index (κ3) is 3.16. The van der Waals surface area contributed by atoms with Gasteiger partial charge in [-0.05, 0) is 30.3 Å². The predicted octanol–water partition coefficient (Wildman–Crippen LogP) is 2.41. The first-order chi connectivity index (χ1) is 10.0. The van der Waals surface area contributed by atoms with Gasteiger partial charge in [0.15, 0.2) is 0 Å². The highest BCUT2D eigenvalue weighted by atomic mass is 16.6. The summed E-state index contributed by atoms with van der Waals surface area (Å²) in [6.45, 7) is 0. The van der Waals surface area contributed by atoms with Gasteiger partial charge < -0.3 is 11.1 Å². The van der Waals surface area contributed by atoms with Crippen molar-refractivity contribution < 1.29 is 9.72 Å². The van der Waals surface area contributed by atoms with Crippen molar-refractivity contribution in [2.45, 2.75) is 0 Å². The number of nitro benzene ring substituents is 1. The van der Waals surface area contributed by atoms with E-state index >= 15 is 0 Å². The van der Waals surface area contributed by atoms with Gasteiger partial charge >= 0.3 is 0 Å². The van der Waals surface area contributed by atoms with Crippen molar-refractivity contribution >= 4 is 23.0 Å². The summed E-state index contributed by atoms with van der Waals surface area (Å²) in [6, 6.07) is 10.6. The smallest absolute Gasteiger partial charge is 0.292 e. The summed E-state index contributed by atoms with van der Waals surface area (Å²) in [7, 11) is 0. The second kappa shape index (κ2) is 5.75. The number of nitrogen functional groups attached to an aromatic ring is 1. The van der Waals surface area contributed by atoms with Crippen molar-refractivity contribution in [1.29, 1.82) is 0 Å². The van der Waals surface area contributed by atoms with Gasteiger partial charge in [-0.25, -0.2) is 0 Å². The number of nitrogens with zero attached hydrogens (tertiary/aromatic N) is 1. The van der Waals surface area contributed by atoms with Crippen LogP contribution >= 0.6 is 0 Å². The highest BCUT2D eigenvalue weighted by molar-refractivity contribution is 6.05. The van der Waals surface area contributed by atoms with Crippen LogP contribution in [0.15, 0.2) is 42.5 Å². The van der Waals surface area contributed by atoms with E-state index in [2.05, 4.69) is 11.2 Å². The van der Waals surface area contributed by atoms with Gasteiger partial charge in [-0.3, -0.25) is 14.9 Å². The second-order valence-electron chi connectivity index (χ2n) is 4.21. The fraction of sp³-hybridized carbons (Fsp3) is 0. The minimum atomic E-state index is -0.634. The third-order valence-electron chi connectivity index (χ3n) is 2.78. The second-order valence-corrected chi connectivity index (χ2v) is 4.21. The fourth-order valence-electron chi connectivity index (χ4n) is 1.73. The monoisotopic (exact) mass is 281 g/mol. The zero-order valence-corrected chi connectivity index (χ0v) is 10.9. The molecule has 0 aromatic heterocycles. The molecule has 0 aliphatic heterocycles. The Balaban J connectivity index is 2.26. The minimum Gasteiger partial charge on any atom is -0.393 e. The van der Waals surface area contributed by atoms with E-state index in [0.29, 0.717) is 11.3 Å². The van der Waals surface area contributed by atoms with Gasteiger partial charge in [-0.2, -0.15) is 0 Å². The van der Waals surface area contributed by atoms with Crippen LogP contribution < -0.4 is 11.1 Å². The molecular formula is C15H11N3O3. The quantitative estimate of drug-likeness (QED) is 0.390. The Kier molecular flexibility index (Phi) is 3.86. The number of hydrogen-bond acceptors (Lipinski definition) is 4.